The summed E-state index contributed by atoms with van der Waals surface area (Å²) in [5.74, 6) is 0.883. The zero-order valence-electron chi connectivity index (χ0n) is 6.80. The van der Waals surface area contributed by atoms with Gasteiger partial charge in [0.05, 0.1) is 6.61 Å². The molecule has 0 aromatic heterocycles. The molecule has 2 atom stereocenters. The molecule has 2 nitrogen and oxygen atoms in total. The second-order valence-corrected chi connectivity index (χ2v) is 3.38. The van der Waals surface area contributed by atoms with Gasteiger partial charge in [0, 0.05) is 12.1 Å². The number of hydrogen-bond donors (Lipinski definition) is 2. The predicted molar refractivity (Wildman–Crippen MR) is 41.9 cm³/mol. The van der Waals surface area contributed by atoms with Crippen molar-refractivity contribution in [3.05, 3.63) is 0 Å². The smallest absolute Gasteiger partial charge is 0.0582 e. The summed E-state index contributed by atoms with van der Waals surface area (Å²) in [6, 6.07) is 0.859. The highest BCUT2D eigenvalue weighted by Gasteiger charge is 2.28. The van der Waals surface area contributed by atoms with Crippen LogP contribution in [0.1, 0.15) is 26.7 Å². The second-order valence-electron chi connectivity index (χ2n) is 3.38. The Hall–Kier alpha value is -0.0800. The minimum atomic E-state index is 0.247. The molecular formula is C8H17NO. The summed E-state index contributed by atoms with van der Waals surface area (Å²) >= 11 is 0. The largest absolute Gasteiger partial charge is 0.395 e. The summed E-state index contributed by atoms with van der Waals surface area (Å²) < 4.78 is 0. The Morgan fingerprint density at radius 3 is 2.50 bits per heavy atom. The van der Waals surface area contributed by atoms with Crippen LogP contribution >= 0.6 is 0 Å². The fourth-order valence-electron chi connectivity index (χ4n) is 1.23. The van der Waals surface area contributed by atoms with Gasteiger partial charge in [-0.15, -0.1) is 0 Å². The first-order valence-corrected chi connectivity index (χ1v) is 4.11. The van der Waals surface area contributed by atoms with Gasteiger partial charge >= 0.3 is 0 Å². The van der Waals surface area contributed by atoms with Gasteiger partial charge in [-0.25, -0.2) is 0 Å². The SMILES string of the molecule is CC(N[C@H](C)CO)C1CC1. The molecule has 0 radical (unpaired) electrons. The molecule has 0 saturated heterocycles. The average Bonchev–Trinajstić information content (AvgIpc) is 2.68. The van der Waals surface area contributed by atoms with Crippen molar-refractivity contribution in [3.63, 3.8) is 0 Å². The number of aliphatic hydroxyl groups is 1. The highest BCUT2D eigenvalue weighted by atomic mass is 16.3. The van der Waals surface area contributed by atoms with Gasteiger partial charge in [-0.2, -0.15) is 0 Å². The number of nitrogens with one attached hydrogen (secondary N) is 1. The van der Waals surface area contributed by atoms with E-state index in [1.807, 2.05) is 6.92 Å². The van der Waals surface area contributed by atoms with Gasteiger partial charge in [0.1, 0.15) is 0 Å². The maximum absolute atomic E-state index is 8.72. The number of rotatable bonds is 4. The molecule has 2 heteroatoms. The van der Waals surface area contributed by atoms with Crippen molar-refractivity contribution in [3.8, 4) is 0 Å². The number of hydrogen-bond acceptors (Lipinski definition) is 2. The van der Waals surface area contributed by atoms with E-state index in [1.54, 1.807) is 0 Å². The van der Waals surface area contributed by atoms with Gasteiger partial charge in [0.2, 0.25) is 0 Å². The molecule has 1 unspecified atom stereocenters. The van der Waals surface area contributed by atoms with E-state index in [4.69, 9.17) is 5.11 Å². The Balaban J connectivity index is 2.10. The third-order valence-electron chi connectivity index (χ3n) is 2.15. The van der Waals surface area contributed by atoms with Gasteiger partial charge < -0.3 is 10.4 Å². The van der Waals surface area contributed by atoms with Gasteiger partial charge in [-0.3, -0.25) is 0 Å². The molecule has 0 aliphatic heterocycles. The Morgan fingerprint density at radius 1 is 1.50 bits per heavy atom. The van der Waals surface area contributed by atoms with Crippen LogP contribution in [0.25, 0.3) is 0 Å². The normalized spacial score (nSPS) is 24.3. The first-order valence-electron chi connectivity index (χ1n) is 4.11. The van der Waals surface area contributed by atoms with E-state index < -0.39 is 0 Å². The Labute approximate surface area is 62.6 Å². The summed E-state index contributed by atoms with van der Waals surface area (Å²) in [6.07, 6.45) is 2.73. The van der Waals surface area contributed by atoms with E-state index in [9.17, 15) is 0 Å². The van der Waals surface area contributed by atoms with Crippen molar-refractivity contribution in [2.75, 3.05) is 6.61 Å². The summed E-state index contributed by atoms with van der Waals surface area (Å²) in [5, 5.41) is 12.1. The van der Waals surface area contributed by atoms with Crippen molar-refractivity contribution < 1.29 is 5.11 Å². The zero-order valence-corrected chi connectivity index (χ0v) is 6.80. The lowest BCUT2D eigenvalue weighted by Crippen LogP contribution is -2.37. The molecule has 1 saturated carbocycles. The van der Waals surface area contributed by atoms with Crippen LogP contribution in [0.4, 0.5) is 0 Å². The first-order chi connectivity index (χ1) is 4.74. The molecule has 0 amide bonds. The van der Waals surface area contributed by atoms with Crippen LogP contribution in [0.15, 0.2) is 0 Å². The van der Waals surface area contributed by atoms with Gasteiger partial charge in [-0.1, -0.05) is 0 Å². The molecule has 1 fully saturated rings. The fourth-order valence-corrected chi connectivity index (χ4v) is 1.23. The standard InChI is InChI=1S/C8H17NO/c1-6(5-10)9-7(2)8-3-4-8/h6-10H,3-5H2,1-2H3/t6-,7?/m1/s1. The minimum Gasteiger partial charge on any atom is -0.395 e. The molecule has 1 rings (SSSR count). The summed E-state index contributed by atoms with van der Waals surface area (Å²) in [4.78, 5) is 0. The number of aliphatic hydroxyl groups excluding tert-OH is 1. The molecule has 0 spiro atoms. The Kier molecular flexibility index (Phi) is 2.69. The monoisotopic (exact) mass is 143 g/mol. The van der Waals surface area contributed by atoms with Crippen LogP contribution in [0, 0.1) is 5.92 Å². The summed E-state index contributed by atoms with van der Waals surface area (Å²) in [5.41, 5.74) is 0. The van der Waals surface area contributed by atoms with E-state index >= 15 is 0 Å². The van der Waals surface area contributed by atoms with Gasteiger partial charge in [0.25, 0.3) is 0 Å². The summed E-state index contributed by atoms with van der Waals surface area (Å²) in [7, 11) is 0. The molecule has 10 heavy (non-hydrogen) atoms. The third kappa shape index (κ3) is 2.27. The van der Waals surface area contributed by atoms with Crippen molar-refractivity contribution in [1.29, 1.82) is 0 Å². The first kappa shape index (κ1) is 8.02. The predicted octanol–water partition coefficient (Wildman–Crippen LogP) is 0.755. The fraction of sp³-hybridized carbons (Fsp3) is 1.00. The van der Waals surface area contributed by atoms with Crippen molar-refractivity contribution in [2.45, 2.75) is 38.8 Å². The second kappa shape index (κ2) is 3.35. The maximum atomic E-state index is 8.72. The molecule has 2 N–H and O–H groups in total. The van der Waals surface area contributed by atoms with E-state index in [0.29, 0.717) is 6.04 Å². The van der Waals surface area contributed by atoms with Crippen LogP contribution in [-0.4, -0.2) is 23.8 Å². The highest BCUT2D eigenvalue weighted by molar-refractivity contribution is 4.84. The quantitative estimate of drug-likeness (QED) is 0.609. The van der Waals surface area contributed by atoms with Crippen molar-refractivity contribution >= 4 is 0 Å². The highest BCUT2D eigenvalue weighted by Crippen LogP contribution is 2.32. The van der Waals surface area contributed by atoms with Crippen LogP contribution in [0.5, 0.6) is 0 Å². The molecule has 0 aromatic carbocycles. The molecule has 1 aliphatic rings. The molecule has 1 aliphatic carbocycles. The van der Waals surface area contributed by atoms with Crippen LogP contribution in [0.3, 0.4) is 0 Å². The lowest BCUT2D eigenvalue weighted by Gasteiger charge is -2.17. The zero-order chi connectivity index (χ0) is 7.56. The topological polar surface area (TPSA) is 32.3 Å². The Bertz CT molecular complexity index is 101. The maximum Gasteiger partial charge on any atom is 0.0582 e. The average molecular weight is 143 g/mol. The lowest BCUT2D eigenvalue weighted by atomic mass is 10.2. The van der Waals surface area contributed by atoms with Gasteiger partial charge in [0.15, 0.2) is 0 Å². The minimum absolute atomic E-state index is 0.247. The molecule has 0 bridgehead atoms. The van der Waals surface area contributed by atoms with Crippen LogP contribution < -0.4 is 5.32 Å². The van der Waals surface area contributed by atoms with Crippen LogP contribution in [0.2, 0.25) is 0 Å². The van der Waals surface area contributed by atoms with E-state index in [1.165, 1.54) is 12.8 Å². The van der Waals surface area contributed by atoms with E-state index in [2.05, 4.69) is 12.2 Å². The van der Waals surface area contributed by atoms with Crippen LogP contribution in [-0.2, 0) is 0 Å². The third-order valence-corrected chi connectivity index (χ3v) is 2.15. The molecular weight excluding hydrogens is 126 g/mol. The van der Waals surface area contributed by atoms with Crippen molar-refractivity contribution in [1.82, 2.24) is 5.32 Å². The molecule has 0 aromatic rings. The summed E-state index contributed by atoms with van der Waals surface area (Å²) in [6.45, 7) is 4.46. The van der Waals surface area contributed by atoms with Gasteiger partial charge in [-0.05, 0) is 32.6 Å². The lowest BCUT2D eigenvalue weighted by molar-refractivity contribution is 0.239. The Morgan fingerprint density at radius 2 is 2.10 bits per heavy atom. The van der Waals surface area contributed by atoms with E-state index in [-0.39, 0.29) is 12.6 Å². The van der Waals surface area contributed by atoms with Crippen molar-refractivity contribution in [2.24, 2.45) is 5.92 Å². The molecule has 0 heterocycles. The molecule has 60 valence electrons. The van der Waals surface area contributed by atoms with E-state index in [0.717, 1.165) is 5.92 Å².